The molecule has 2 amide bonds. The van der Waals surface area contributed by atoms with Crippen LogP contribution in [0.2, 0.25) is 0 Å². The standard InChI is InChI=1S/C23H21N5O5S3/c1-31-15-10-13(11-16(32-2)20(15)33-3)8-9-18(29)25-22-27-28-23(36-22)34-12-19(30)26-21-24-14-6-4-5-7-17(14)35-21/h4-11H,12H2,1-3H3,(H,24,26,30)(H,25,27,29)/b9-8+. The van der Waals surface area contributed by atoms with Crippen LogP contribution in [0.25, 0.3) is 16.3 Å². The van der Waals surface area contributed by atoms with Gasteiger partial charge in [-0.3, -0.25) is 14.9 Å². The van der Waals surface area contributed by atoms with Gasteiger partial charge in [-0.15, -0.1) is 10.2 Å². The average molecular weight is 544 g/mol. The number of methoxy groups -OCH3 is 3. The van der Waals surface area contributed by atoms with Crippen LogP contribution in [0.5, 0.6) is 17.2 Å². The third-order valence-electron chi connectivity index (χ3n) is 4.62. The van der Waals surface area contributed by atoms with Gasteiger partial charge in [0.05, 0.1) is 37.3 Å². The molecule has 13 heteroatoms. The van der Waals surface area contributed by atoms with Crippen molar-refractivity contribution in [3.8, 4) is 17.2 Å². The second-order valence-corrected chi connectivity index (χ2v) is 10.2. The van der Waals surface area contributed by atoms with Crippen LogP contribution < -0.4 is 24.8 Å². The molecular formula is C23H21N5O5S3. The predicted octanol–water partition coefficient (Wildman–Crippen LogP) is 4.56. The summed E-state index contributed by atoms with van der Waals surface area (Å²) in [6.07, 6.45) is 2.98. The van der Waals surface area contributed by atoms with Gasteiger partial charge in [-0.1, -0.05) is 46.6 Å². The van der Waals surface area contributed by atoms with Crippen molar-refractivity contribution in [2.75, 3.05) is 37.7 Å². The zero-order valence-corrected chi connectivity index (χ0v) is 21.9. The van der Waals surface area contributed by atoms with E-state index in [2.05, 4.69) is 25.8 Å². The zero-order chi connectivity index (χ0) is 25.5. The number of hydrogen-bond donors (Lipinski definition) is 2. The number of amides is 2. The maximum absolute atomic E-state index is 12.3. The molecule has 0 radical (unpaired) electrons. The number of aromatic nitrogens is 3. The van der Waals surface area contributed by atoms with Gasteiger partial charge in [0, 0.05) is 6.08 Å². The molecule has 0 aliphatic carbocycles. The predicted molar refractivity (Wildman–Crippen MR) is 143 cm³/mol. The summed E-state index contributed by atoms with van der Waals surface area (Å²) in [7, 11) is 4.56. The number of hydrogen-bond acceptors (Lipinski definition) is 11. The molecule has 0 fully saturated rings. The molecule has 10 nitrogen and oxygen atoms in total. The summed E-state index contributed by atoms with van der Waals surface area (Å²) in [4.78, 5) is 29.0. The minimum Gasteiger partial charge on any atom is -0.493 e. The highest BCUT2D eigenvalue weighted by Crippen LogP contribution is 2.38. The molecule has 0 spiro atoms. The van der Waals surface area contributed by atoms with Crippen LogP contribution in [0.3, 0.4) is 0 Å². The molecule has 186 valence electrons. The number of nitrogens with zero attached hydrogens (tertiary/aromatic N) is 3. The zero-order valence-electron chi connectivity index (χ0n) is 19.4. The molecule has 36 heavy (non-hydrogen) atoms. The fourth-order valence-corrected chi connectivity index (χ4v) is 5.48. The molecule has 2 aromatic heterocycles. The van der Waals surface area contributed by atoms with Gasteiger partial charge in [0.25, 0.3) is 0 Å². The van der Waals surface area contributed by atoms with Crippen molar-refractivity contribution >= 4 is 72.8 Å². The van der Waals surface area contributed by atoms with Gasteiger partial charge < -0.3 is 19.5 Å². The summed E-state index contributed by atoms with van der Waals surface area (Å²) < 4.78 is 17.5. The molecule has 0 aliphatic heterocycles. The molecule has 0 unspecified atom stereocenters. The van der Waals surface area contributed by atoms with Crippen LogP contribution >= 0.6 is 34.4 Å². The number of para-hydroxylation sites is 1. The minimum atomic E-state index is -0.384. The molecule has 0 aliphatic rings. The molecule has 0 saturated carbocycles. The first-order valence-corrected chi connectivity index (χ1v) is 13.0. The lowest BCUT2D eigenvalue weighted by Crippen LogP contribution is -2.13. The Kier molecular flexibility index (Phi) is 8.36. The molecule has 2 N–H and O–H groups in total. The summed E-state index contributed by atoms with van der Waals surface area (Å²) in [6, 6.07) is 11.1. The number of nitrogens with one attached hydrogen (secondary N) is 2. The first kappa shape index (κ1) is 25.4. The van der Waals surface area contributed by atoms with Crippen LogP contribution in [-0.4, -0.2) is 54.1 Å². The lowest BCUT2D eigenvalue weighted by atomic mass is 10.1. The van der Waals surface area contributed by atoms with E-state index in [1.165, 1.54) is 61.8 Å². The van der Waals surface area contributed by atoms with E-state index >= 15 is 0 Å². The lowest BCUT2D eigenvalue weighted by Gasteiger charge is -2.12. The Morgan fingerprint density at radius 2 is 1.72 bits per heavy atom. The number of fused-ring (bicyclic) bond motifs is 1. The number of carbonyl (C=O) groups is 2. The number of thioether (sulfide) groups is 1. The Bertz CT molecular complexity index is 1360. The quantitative estimate of drug-likeness (QED) is 0.168. The Morgan fingerprint density at radius 1 is 0.972 bits per heavy atom. The van der Waals surface area contributed by atoms with Crippen molar-refractivity contribution in [2.45, 2.75) is 4.34 Å². The van der Waals surface area contributed by atoms with E-state index in [9.17, 15) is 9.59 Å². The van der Waals surface area contributed by atoms with Gasteiger partial charge in [-0.25, -0.2) is 4.98 Å². The highest BCUT2D eigenvalue weighted by Gasteiger charge is 2.13. The Hall–Kier alpha value is -3.68. The normalized spacial score (nSPS) is 11.0. The molecule has 4 rings (SSSR count). The Labute approximate surface area is 218 Å². The first-order valence-electron chi connectivity index (χ1n) is 10.4. The highest BCUT2D eigenvalue weighted by atomic mass is 32.2. The molecule has 0 atom stereocenters. The molecule has 2 heterocycles. The van der Waals surface area contributed by atoms with Crippen molar-refractivity contribution in [1.82, 2.24) is 15.2 Å². The van der Waals surface area contributed by atoms with Crippen molar-refractivity contribution in [3.05, 3.63) is 48.0 Å². The van der Waals surface area contributed by atoms with E-state index in [0.717, 1.165) is 10.2 Å². The van der Waals surface area contributed by atoms with Gasteiger partial charge in [-0.2, -0.15) is 0 Å². The van der Waals surface area contributed by atoms with Gasteiger partial charge >= 0.3 is 0 Å². The van der Waals surface area contributed by atoms with E-state index in [1.807, 2.05) is 24.3 Å². The third-order valence-corrected chi connectivity index (χ3v) is 7.54. The van der Waals surface area contributed by atoms with E-state index in [0.29, 0.717) is 37.4 Å². The van der Waals surface area contributed by atoms with Crippen LogP contribution in [0.15, 0.2) is 46.8 Å². The van der Waals surface area contributed by atoms with Crippen molar-refractivity contribution in [1.29, 1.82) is 0 Å². The van der Waals surface area contributed by atoms with E-state index in [1.54, 1.807) is 18.2 Å². The van der Waals surface area contributed by atoms with Gasteiger partial charge in [-0.05, 0) is 35.9 Å². The topological polar surface area (TPSA) is 125 Å². The van der Waals surface area contributed by atoms with Gasteiger partial charge in [0.1, 0.15) is 0 Å². The smallest absolute Gasteiger partial charge is 0.250 e. The fraction of sp³-hybridized carbons (Fsp3) is 0.174. The SMILES string of the molecule is COc1cc(/C=C/C(=O)Nc2nnc(SCC(=O)Nc3nc4ccccc4s3)s2)cc(OC)c1OC. The number of rotatable bonds is 10. The number of ether oxygens (including phenoxy) is 3. The second kappa shape index (κ2) is 11.8. The Morgan fingerprint density at radius 3 is 2.42 bits per heavy atom. The summed E-state index contributed by atoms with van der Waals surface area (Å²) >= 11 is 3.82. The van der Waals surface area contributed by atoms with E-state index in [4.69, 9.17) is 14.2 Å². The van der Waals surface area contributed by atoms with Crippen molar-refractivity contribution in [3.63, 3.8) is 0 Å². The first-order chi connectivity index (χ1) is 17.5. The lowest BCUT2D eigenvalue weighted by molar-refractivity contribution is -0.114. The van der Waals surface area contributed by atoms with Gasteiger partial charge in [0.15, 0.2) is 21.0 Å². The highest BCUT2D eigenvalue weighted by molar-refractivity contribution is 8.01. The van der Waals surface area contributed by atoms with E-state index < -0.39 is 0 Å². The number of benzene rings is 2. The molecule has 2 aromatic carbocycles. The van der Waals surface area contributed by atoms with Crippen LogP contribution in [0.4, 0.5) is 10.3 Å². The monoisotopic (exact) mass is 543 g/mol. The van der Waals surface area contributed by atoms with Crippen molar-refractivity contribution in [2.24, 2.45) is 0 Å². The average Bonchev–Trinajstić information content (AvgIpc) is 3.51. The summed E-state index contributed by atoms with van der Waals surface area (Å²) in [5.74, 6) is 0.983. The molecular weight excluding hydrogens is 522 g/mol. The van der Waals surface area contributed by atoms with Crippen LogP contribution in [0.1, 0.15) is 5.56 Å². The molecule has 0 saturated heterocycles. The number of anilines is 2. The molecule has 0 bridgehead atoms. The van der Waals surface area contributed by atoms with Crippen LogP contribution in [-0.2, 0) is 9.59 Å². The van der Waals surface area contributed by atoms with Crippen LogP contribution in [0, 0.1) is 0 Å². The third kappa shape index (κ3) is 6.30. The van der Waals surface area contributed by atoms with E-state index in [-0.39, 0.29) is 17.6 Å². The second-order valence-electron chi connectivity index (χ2n) is 6.98. The van der Waals surface area contributed by atoms with Gasteiger partial charge in [0.2, 0.25) is 22.7 Å². The minimum absolute atomic E-state index is 0.138. The number of thiazole rings is 1. The van der Waals surface area contributed by atoms with Crippen molar-refractivity contribution < 1.29 is 23.8 Å². The summed E-state index contributed by atoms with van der Waals surface area (Å²) in [6.45, 7) is 0. The summed E-state index contributed by atoms with van der Waals surface area (Å²) in [5, 5.41) is 14.3. The Balaban J connectivity index is 1.30. The maximum atomic E-state index is 12.3. The maximum Gasteiger partial charge on any atom is 0.250 e. The number of carbonyl (C=O) groups excluding carboxylic acids is 2. The summed E-state index contributed by atoms with van der Waals surface area (Å²) in [5.41, 5.74) is 1.53. The fourth-order valence-electron chi connectivity index (χ4n) is 3.04. The largest absolute Gasteiger partial charge is 0.493 e. The molecule has 4 aromatic rings.